The van der Waals surface area contributed by atoms with Crippen LogP contribution in [0.1, 0.15) is 34.6 Å². The summed E-state index contributed by atoms with van der Waals surface area (Å²) in [6.07, 6.45) is 1.97. The quantitative estimate of drug-likeness (QED) is 0.448. The molecule has 1 atom stereocenters. The molecule has 1 saturated heterocycles. The zero-order valence-electron chi connectivity index (χ0n) is 19.2. The number of carbonyl (C=O) groups excluding carboxylic acids is 1. The van der Waals surface area contributed by atoms with E-state index in [1.165, 1.54) is 4.57 Å². The summed E-state index contributed by atoms with van der Waals surface area (Å²) in [5, 5.41) is 0. The summed E-state index contributed by atoms with van der Waals surface area (Å²) in [5.74, 6) is 1.01. The summed E-state index contributed by atoms with van der Waals surface area (Å²) in [5.41, 5.74) is 8.50. The van der Waals surface area contributed by atoms with Crippen molar-refractivity contribution in [1.29, 1.82) is 0 Å². The van der Waals surface area contributed by atoms with Gasteiger partial charge in [0.2, 0.25) is 5.95 Å². The van der Waals surface area contributed by atoms with E-state index in [0.717, 1.165) is 24.9 Å². The van der Waals surface area contributed by atoms with Crippen molar-refractivity contribution >= 4 is 22.9 Å². The van der Waals surface area contributed by atoms with Crippen molar-refractivity contribution in [3.8, 4) is 0 Å². The number of hydrogen-bond acceptors (Lipinski definition) is 6. The van der Waals surface area contributed by atoms with Crippen molar-refractivity contribution < 1.29 is 4.79 Å². The average Bonchev–Trinajstić information content (AvgIpc) is 3.21. The highest BCUT2D eigenvalue weighted by molar-refractivity contribution is 5.97. The van der Waals surface area contributed by atoms with E-state index < -0.39 is 0 Å². The first-order valence-corrected chi connectivity index (χ1v) is 11.6. The number of rotatable bonds is 6. The smallest absolute Gasteiger partial charge is 0.279 e. The van der Waals surface area contributed by atoms with Gasteiger partial charge in [0, 0.05) is 31.7 Å². The van der Waals surface area contributed by atoms with E-state index in [1.54, 1.807) is 19.2 Å². The highest BCUT2D eigenvalue weighted by Gasteiger charge is 2.26. The summed E-state index contributed by atoms with van der Waals surface area (Å²) >= 11 is 0. The number of nitrogens with two attached hydrogens (primary N) is 1. The number of aromatic nitrogens is 4. The Bertz CT molecular complexity index is 1380. The molecule has 1 aliphatic rings. The van der Waals surface area contributed by atoms with Gasteiger partial charge >= 0.3 is 0 Å². The summed E-state index contributed by atoms with van der Waals surface area (Å²) in [7, 11) is 1.67. The van der Waals surface area contributed by atoms with E-state index in [1.807, 2.05) is 53.1 Å². The van der Waals surface area contributed by atoms with Crippen LogP contribution in [0.15, 0.2) is 65.5 Å². The molecule has 0 bridgehead atoms. The SMILES string of the molecule is Cn1c(CC(=O)c2ccccc2)nc2nc(N3CCCC(N)C3)n(Cc3ccccc3)c2c1=O. The van der Waals surface area contributed by atoms with E-state index in [9.17, 15) is 9.59 Å². The van der Waals surface area contributed by atoms with E-state index in [2.05, 4.69) is 4.90 Å². The molecule has 0 amide bonds. The maximum absolute atomic E-state index is 13.5. The van der Waals surface area contributed by atoms with Gasteiger partial charge in [0.25, 0.3) is 5.56 Å². The number of ketones is 1. The average molecular weight is 457 g/mol. The van der Waals surface area contributed by atoms with Gasteiger partial charge in [-0.15, -0.1) is 0 Å². The number of anilines is 1. The predicted molar refractivity (Wildman–Crippen MR) is 132 cm³/mol. The summed E-state index contributed by atoms with van der Waals surface area (Å²) in [6, 6.07) is 19.1. The molecule has 8 nitrogen and oxygen atoms in total. The standard InChI is InChI=1S/C26H28N6O2/c1-30-22(15-21(33)19-11-6-3-7-12-19)28-24-23(25(30)34)32(16-18-9-4-2-5-10-18)26(29-24)31-14-8-13-20(27)17-31/h2-7,9-12,20H,8,13-17,27H2,1H3. The number of Topliss-reactive ketones (excluding diaryl/α,β-unsaturated/α-hetero) is 1. The van der Waals surface area contributed by atoms with Crippen molar-refractivity contribution in [2.75, 3.05) is 18.0 Å². The van der Waals surface area contributed by atoms with Crippen LogP contribution < -0.4 is 16.2 Å². The van der Waals surface area contributed by atoms with Gasteiger partial charge in [-0.1, -0.05) is 60.7 Å². The monoisotopic (exact) mass is 456 g/mol. The van der Waals surface area contributed by atoms with Crippen LogP contribution >= 0.6 is 0 Å². The van der Waals surface area contributed by atoms with Crippen LogP contribution in [0.3, 0.4) is 0 Å². The zero-order valence-corrected chi connectivity index (χ0v) is 19.2. The number of carbonyl (C=O) groups is 1. The lowest BCUT2D eigenvalue weighted by molar-refractivity contribution is 0.0989. The van der Waals surface area contributed by atoms with Gasteiger partial charge < -0.3 is 10.6 Å². The lowest BCUT2D eigenvalue weighted by atomic mass is 10.1. The molecule has 1 fully saturated rings. The summed E-state index contributed by atoms with van der Waals surface area (Å²) in [6.45, 7) is 2.00. The molecule has 2 aromatic carbocycles. The van der Waals surface area contributed by atoms with Gasteiger partial charge in [-0.3, -0.25) is 18.7 Å². The lowest BCUT2D eigenvalue weighted by Crippen LogP contribution is -2.44. The van der Waals surface area contributed by atoms with Crippen LogP contribution in [-0.2, 0) is 20.0 Å². The predicted octanol–water partition coefficient (Wildman–Crippen LogP) is 2.53. The third-order valence-electron chi connectivity index (χ3n) is 6.40. The Kier molecular flexibility index (Phi) is 5.98. The van der Waals surface area contributed by atoms with Crippen LogP contribution in [0, 0.1) is 0 Å². The summed E-state index contributed by atoms with van der Waals surface area (Å²) < 4.78 is 3.42. The van der Waals surface area contributed by atoms with Crippen LogP contribution in [-0.4, -0.2) is 44.0 Å². The molecule has 174 valence electrons. The van der Waals surface area contributed by atoms with E-state index >= 15 is 0 Å². The molecule has 1 aliphatic heterocycles. The molecule has 2 aromatic heterocycles. The minimum absolute atomic E-state index is 0.0289. The molecule has 0 radical (unpaired) electrons. The largest absolute Gasteiger partial charge is 0.341 e. The second-order valence-corrected chi connectivity index (χ2v) is 8.86. The van der Waals surface area contributed by atoms with Crippen LogP contribution in [0.5, 0.6) is 0 Å². The van der Waals surface area contributed by atoms with Crippen molar-refractivity contribution in [3.05, 3.63) is 88.0 Å². The highest BCUT2D eigenvalue weighted by atomic mass is 16.1. The van der Waals surface area contributed by atoms with Crippen molar-refractivity contribution in [2.45, 2.75) is 31.8 Å². The first-order valence-electron chi connectivity index (χ1n) is 11.6. The van der Waals surface area contributed by atoms with Crippen LogP contribution in [0.25, 0.3) is 11.2 Å². The van der Waals surface area contributed by atoms with Gasteiger partial charge in [0.1, 0.15) is 5.82 Å². The minimum Gasteiger partial charge on any atom is -0.341 e. The third kappa shape index (κ3) is 4.24. The molecule has 34 heavy (non-hydrogen) atoms. The fourth-order valence-corrected chi connectivity index (χ4v) is 4.57. The van der Waals surface area contributed by atoms with Crippen LogP contribution in [0.4, 0.5) is 5.95 Å². The highest BCUT2D eigenvalue weighted by Crippen LogP contribution is 2.24. The van der Waals surface area contributed by atoms with Crippen LogP contribution in [0.2, 0.25) is 0 Å². The maximum Gasteiger partial charge on any atom is 0.279 e. The second kappa shape index (κ2) is 9.23. The zero-order chi connectivity index (χ0) is 23.7. The number of hydrogen-bond donors (Lipinski definition) is 1. The first-order chi connectivity index (χ1) is 16.5. The molecule has 0 aliphatic carbocycles. The Morgan fingerprint density at radius 3 is 2.47 bits per heavy atom. The Hall–Kier alpha value is -3.78. The van der Waals surface area contributed by atoms with Crippen molar-refractivity contribution in [1.82, 2.24) is 19.1 Å². The third-order valence-corrected chi connectivity index (χ3v) is 6.40. The normalized spacial score (nSPS) is 16.2. The van der Waals surface area contributed by atoms with E-state index in [0.29, 0.717) is 41.6 Å². The van der Waals surface area contributed by atoms with Gasteiger partial charge in [-0.2, -0.15) is 4.98 Å². The fraction of sp³-hybridized carbons (Fsp3) is 0.308. The Labute approximate surface area is 197 Å². The Balaban J connectivity index is 1.61. The van der Waals surface area contributed by atoms with Gasteiger partial charge in [-0.05, 0) is 18.4 Å². The molecule has 0 saturated carbocycles. The number of piperidine rings is 1. The molecular formula is C26H28N6O2. The summed E-state index contributed by atoms with van der Waals surface area (Å²) in [4.78, 5) is 38.0. The van der Waals surface area contributed by atoms with Crippen molar-refractivity contribution in [2.24, 2.45) is 12.8 Å². The maximum atomic E-state index is 13.5. The Morgan fingerprint density at radius 1 is 1.06 bits per heavy atom. The molecule has 8 heteroatoms. The van der Waals surface area contributed by atoms with Gasteiger partial charge in [0.15, 0.2) is 16.9 Å². The molecule has 4 aromatic rings. The minimum atomic E-state index is -0.211. The number of fused-ring (bicyclic) bond motifs is 1. The molecule has 1 unspecified atom stereocenters. The first kappa shape index (κ1) is 22.0. The topological polar surface area (TPSA) is 99.0 Å². The van der Waals surface area contributed by atoms with Crippen molar-refractivity contribution in [3.63, 3.8) is 0 Å². The van der Waals surface area contributed by atoms with E-state index in [4.69, 9.17) is 15.7 Å². The van der Waals surface area contributed by atoms with E-state index in [-0.39, 0.29) is 23.8 Å². The molecule has 0 spiro atoms. The van der Waals surface area contributed by atoms with Gasteiger partial charge in [-0.25, -0.2) is 4.98 Å². The second-order valence-electron chi connectivity index (χ2n) is 8.86. The fourth-order valence-electron chi connectivity index (χ4n) is 4.57. The Morgan fingerprint density at radius 2 is 1.76 bits per heavy atom. The lowest BCUT2D eigenvalue weighted by Gasteiger charge is -2.31. The molecule has 2 N–H and O–H groups in total. The number of imidazole rings is 1. The van der Waals surface area contributed by atoms with Gasteiger partial charge in [0.05, 0.1) is 13.0 Å². The molecule has 5 rings (SSSR count). The molecule has 3 heterocycles. The number of nitrogens with zero attached hydrogens (tertiary/aromatic N) is 5. The molecular weight excluding hydrogens is 428 g/mol. The number of benzene rings is 2.